The molecule has 1 heterocycles. The van der Waals surface area contributed by atoms with Crippen LogP contribution in [-0.4, -0.2) is 34.8 Å². The Hall–Kier alpha value is 0.0606. The smallest absolute Gasteiger partial charge is 0.389 e. The maximum atomic E-state index is 12.8. The van der Waals surface area contributed by atoms with Crippen LogP contribution in [0.15, 0.2) is 12.4 Å². The predicted molar refractivity (Wildman–Crippen MR) is 42.7 cm³/mol. The quantitative estimate of drug-likeness (QED) is 0.567. The van der Waals surface area contributed by atoms with Gasteiger partial charge >= 0.3 is 14.8 Å². The number of rotatable bonds is 2. The van der Waals surface area contributed by atoms with Gasteiger partial charge in [0.15, 0.2) is 5.83 Å². The summed E-state index contributed by atoms with van der Waals surface area (Å²) in [6, 6.07) is 0. The summed E-state index contributed by atoms with van der Waals surface area (Å²) in [4.78, 5) is 0. The van der Waals surface area contributed by atoms with Gasteiger partial charge in [-0.2, -0.15) is 8.78 Å². The molecule has 0 aromatic carbocycles. The first-order chi connectivity index (χ1) is 5.55. The van der Waals surface area contributed by atoms with E-state index >= 15 is 0 Å². The zero-order valence-electron chi connectivity index (χ0n) is 6.06. The second-order valence-electron chi connectivity index (χ2n) is 2.13. The highest BCUT2D eigenvalue weighted by Gasteiger charge is 2.49. The Kier molecular flexibility index (Phi) is 3.25. The molecule has 1 aliphatic rings. The van der Waals surface area contributed by atoms with E-state index in [2.05, 4.69) is 14.8 Å². The zero-order valence-corrected chi connectivity index (χ0v) is 10.0. The van der Waals surface area contributed by atoms with Crippen molar-refractivity contribution in [2.45, 2.75) is 5.55 Å². The van der Waals surface area contributed by atoms with Crippen molar-refractivity contribution in [1.29, 1.82) is 0 Å². The summed E-state index contributed by atoms with van der Waals surface area (Å²) < 4.78 is 51.7. The minimum absolute atomic E-state index is 1.34. The van der Waals surface area contributed by atoms with Gasteiger partial charge in [0.2, 0.25) is 0 Å². The first-order valence-electron chi connectivity index (χ1n) is 3.09. The summed E-state index contributed by atoms with van der Waals surface area (Å²) in [5.74, 6) is -1.68. The molecule has 1 aliphatic heterocycles. The van der Waals surface area contributed by atoms with E-state index in [0.29, 0.717) is 0 Å². The fourth-order valence-electron chi connectivity index (χ4n) is 0.639. The van der Waals surface area contributed by atoms with Crippen molar-refractivity contribution in [3.63, 3.8) is 0 Å². The van der Waals surface area contributed by atoms with Gasteiger partial charge in [-0.25, -0.2) is 4.39 Å². The highest BCUT2D eigenvalue weighted by atomic mass is 28.4. The Morgan fingerprint density at radius 3 is 2.25 bits per heavy atom. The zero-order chi connectivity index (χ0) is 9.19. The largest absolute Gasteiger partial charge is 0.425 e. The molecule has 0 unspecified atom stereocenters. The Bertz CT molecular complexity index is 183. The van der Waals surface area contributed by atoms with Gasteiger partial charge in [-0.05, 0) is 0 Å². The predicted octanol–water partition coefficient (Wildman–Crippen LogP) is -1.07. The van der Waals surface area contributed by atoms with Crippen LogP contribution in [0.5, 0.6) is 0 Å². The maximum Gasteiger partial charge on any atom is 0.389 e. The molecule has 0 spiro atoms. The fourth-order valence-corrected chi connectivity index (χ4v) is 7.58. The second-order valence-corrected chi connectivity index (χ2v) is 8.29. The molecule has 0 aliphatic carbocycles. The van der Waals surface area contributed by atoms with Crippen molar-refractivity contribution < 1.29 is 25.5 Å². The van der Waals surface area contributed by atoms with E-state index in [9.17, 15) is 13.2 Å². The molecule has 0 amide bonds. The summed E-state index contributed by atoms with van der Waals surface area (Å²) in [7, 11) is -5.88. The van der Waals surface area contributed by atoms with Crippen LogP contribution >= 0.6 is 0 Å². The van der Waals surface area contributed by atoms with E-state index in [1.165, 1.54) is 0 Å². The standard InChI is InChI=1S/C3H7F3O3Si3/c1-2(4)3(5,6)12-8-10-7-11-9-12/h12H,1,10-11H2. The van der Waals surface area contributed by atoms with E-state index in [1.807, 2.05) is 0 Å². The molecule has 1 saturated heterocycles. The van der Waals surface area contributed by atoms with Crippen molar-refractivity contribution in [3.8, 4) is 0 Å². The molecule has 0 bridgehead atoms. The minimum Gasteiger partial charge on any atom is -0.425 e. The van der Waals surface area contributed by atoms with Crippen LogP contribution in [0.25, 0.3) is 0 Å². The number of hydrogen-bond acceptors (Lipinski definition) is 3. The topological polar surface area (TPSA) is 27.7 Å². The van der Waals surface area contributed by atoms with E-state index in [-0.39, 0.29) is 0 Å². The average molecular weight is 232 g/mol. The lowest BCUT2D eigenvalue weighted by atomic mass is 10.6. The molecule has 0 atom stereocenters. The van der Waals surface area contributed by atoms with Crippen molar-refractivity contribution in [1.82, 2.24) is 0 Å². The van der Waals surface area contributed by atoms with E-state index in [4.69, 9.17) is 4.12 Å². The number of hydrogen-bond donors (Lipinski definition) is 0. The Balaban J connectivity index is 2.59. The summed E-state index contributed by atoms with van der Waals surface area (Å²) in [6.07, 6.45) is 0. The van der Waals surface area contributed by atoms with E-state index in [1.54, 1.807) is 0 Å². The summed E-state index contributed by atoms with van der Waals surface area (Å²) >= 11 is 0. The van der Waals surface area contributed by atoms with Crippen molar-refractivity contribution in [3.05, 3.63) is 12.4 Å². The lowest BCUT2D eigenvalue weighted by molar-refractivity contribution is 0.0636. The van der Waals surface area contributed by atoms with Gasteiger partial charge in [-0.3, -0.25) is 0 Å². The molecule has 0 aromatic heterocycles. The highest BCUT2D eigenvalue weighted by molar-refractivity contribution is 6.63. The molecule has 12 heavy (non-hydrogen) atoms. The molecule has 0 saturated carbocycles. The molecule has 0 N–H and O–H groups in total. The van der Waals surface area contributed by atoms with Crippen LogP contribution in [0.3, 0.4) is 0 Å². The third-order valence-corrected chi connectivity index (χ3v) is 7.01. The first kappa shape index (κ1) is 10.1. The molecule has 70 valence electrons. The van der Waals surface area contributed by atoms with Gasteiger partial charge < -0.3 is 12.3 Å². The molecule has 3 nitrogen and oxygen atoms in total. The third kappa shape index (κ3) is 2.05. The van der Waals surface area contributed by atoms with Crippen LogP contribution < -0.4 is 0 Å². The Morgan fingerprint density at radius 1 is 1.33 bits per heavy atom. The molecular weight excluding hydrogens is 225 g/mol. The van der Waals surface area contributed by atoms with Crippen LogP contribution in [0.4, 0.5) is 13.2 Å². The van der Waals surface area contributed by atoms with Crippen molar-refractivity contribution in [2.75, 3.05) is 0 Å². The van der Waals surface area contributed by atoms with Crippen molar-refractivity contribution in [2.24, 2.45) is 0 Å². The first-order valence-corrected chi connectivity index (χ1v) is 6.91. The normalized spacial score (nSPS) is 29.4. The van der Waals surface area contributed by atoms with Crippen LogP contribution in [0.1, 0.15) is 0 Å². The van der Waals surface area contributed by atoms with Gasteiger partial charge in [0, 0.05) is 0 Å². The molecule has 1 fully saturated rings. The van der Waals surface area contributed by atoms with E-state index < -0.39 is 40.7 Å². The van der Waals surface area contributed by atoms with Gasteiger partial charge in [-0.15, -0.1) is 0 Å². The Labute approximate surface area is 73.5 Å². The van der Waals surface area contributed by atoms with Gasteiger partial charge in [0.05, 0.1) is 0 Å². The highest BCUT2D eigenvalue weighted by Crippen LogP contribution is 2.28. The number of halogens is 3. The number of alkyl halides is 2. The van der Waals surface area contributed by atoms with E-state index in [0.717, 1.165) is 0 Å². The van der Waals surface area contributed by atoms with Gasteiger partial charge in [0.25, 0.3) is 20.0 Å². The molecule has 1 rings (SSSR count). The molecule has 0 radical (unpaired) electrons. The SMILES string of the molecule is C=C(F)C(F)(F)[SiH]1O[SiH2]O[SiH2]O1. The van der Waals surface area contributed by atoms with Gasteiger partial charge in [-0.1, -0.05) is 6.58 Å². The number of allylic oxidation sites excluding steroid dienone is 1. The molecular formula is C3H7F3O3Si3. The average Bonchev–Trinajstić information content (AvgIpc) is 2.06. The van der Waals surface area contributed by atoms with Crippen LogP contribution in [-0.2, 0) is 12.3 Å². The Morgan fingerprint density at radius 2 is 1.83 bits per heavy atom. The van der Waals surface area contributed by atoms with Crippen molar-refractivity contribution >= 4 is 29.3 Å². The fraction of sp³-hybridized carbons (Fsp3) is 0.333. The third-order valence-electron chi connectivity index (χ3n) is 1.26. The van der Waals surface area contributed by atoms with Crippen LogP contribution in [0, 0.1) is 0 Å². The molecule has 0 aromatic rings. The summed E-state index contributed by atoms with van der Waals surface area (Å²) in [5.41, 5.74) is -3.61. The lowest BCUT2D eigenvalue weighted by Gasteiger charge is -2.27. The lowest BCUT2D eigenvalue weighted by Crippen LogP contribution is -2.49. The maximum absolute atomic E-state index is 12.8. The summed E-state index contributed by atoms with van der Waals surface area (Å²) in [6.45, 7) is 2.55. The van der Waals surface area contributed by atoms with Gasteiger partial charge in [0.1, 0.15) is 0 Å². The summed E-state index contributed by atoms with van der Waals surface area (Å²) in [5, 5.41) is 0. The monoisotopic (exact) mass is 232 g/mol. The minimum atomic E-state index is -3.61. The molecule has 9 heteroatoms. The van der Waals surface area contributed by atoms with Crippen LogP contribution in [0.2, 0.25) is 0 Å². The second kappa shape index (κ2) is 3.85.